The number of halogens is 3. The lowest BCUT2D eigenvalue weighted by Gasteiger charge is -2.72. The molecule has 6 fully saturated rings. The number of anilines is 2. The Morgan fingerprint density at radius 3 is 2.10 bits per heavy atom. The number of thioether (sulfide) groups is 1. The number of sulfonamides is 1. The molecule has 12 rings (SSSR count). The summed E-state index contributed by atoms with van der Waals surface area (Å²) in [4.78, 5) is 82.8. The van der Waals surface area contributed by atoms with E-state index in [4.69, 9.17) is 0 Å². The smallest absolute Gasteiger partial charge is 0.391 e. The number of aliphatic hydroxyl groups is 1. The highest BCUT2D eigenvalue weighted by molar-refractivity contribution is 7.99. The number of piperazine rings is 2. The number of amides is 5. The van der Waals surface area contributed by atoms with Crippen molar-refractivity contribution >= 4 is 83.9 Å². The molecule has 5 atom stereocenters. The number of allylic oxidation sites excluding steroid dienone is 1. The molecule has 7 aliphatic rings. The molecule has 1 aromatic heterocycles. The molecule has 3 saturated heterocycles. The van der Waals surface area contributed by atoms with Crippen LogP contribution < -0.4 is 25.6 Å². The van der Waals surface area contributed by atoms with E-state index in [0.29, 0.717) is 74.3 Å². The molecular weight excluding hydrogens is 1400 g/mol. The fourth-order valence-electron chi connectivity index (χ4n) is 16.0. The van der Waals surface area contributed by atoms with Gasteiger partial charge in [-0.15, -0.1) is 23.1 Å². The van der Waals surface area contributed by atoms with Gasteiger partial charge in [-0.3, -0.25) is 33.8 Å². The quantitative estimate of drug-likeness (QED) is 0.0186. The number of aromatic nitrogens is 1. The number of hydrogen-bond acceptors (Lipinski definition) is 17. The van der Waals surface area contributed by atoms with Gasteiger partial charge in [0.1, 0.15) is 17.0 Å². The number of carbonyl (C=O) groups excluding carboxylic acids is 5. The van der Waals surface area contributed by atoms with Crippen molar-refractivity contribution in [1.29, 1.82) is 0 Å². The molecule has 3 saturated carbocycles. The second-order valence-corrected chi connectivity index (χ2v) is 37.0. The van der Waals surface area contributed by atoms with Gasteiger partial charge >= 0.3 is 5.51 Å². The average Bonchev–Trinajstić information content (AvgIpc) is 0.884. The van der Waals surface area contributed by atoms with Gasteiger partial charge in [-0.2, -0.15) is 13.2 Å². The molecule has 0 spiro atoms. The monoisotopic (exact) mass is 1500 g/mol. The van der Waals surface area contributed by atoms with Gasteiger partial charge in [0.25, 0.3) is 25.8 Å². The summed E-state index contributed by atoms with van der Waals surface area (Å²) in [7, 11) is -11.1. The second-order valence-electron chi connectivity index (χ2n) is 31.5. The number of hydrogen-bond donors (Lipinski definition) is 5. The van der Waals surface area contributed by atoms with Crippen LogP contribution in [0.1, 0.15) is 153 Å². The van der Waals surface area contributed by atoms with E-state index < -0.39 is 100 Å². The van der Waals surface area contributed by atoms with Gasteiger partial charge in [0.2, 0.25) is 23.6 Å². The molecule has 103 heavy (non-hydrogen) atoms. The van der Waals surface area contributed by atoms with Crippen LogP contribution in [-0.4, -0.2) is 184 Å². The topological polar surface area (TPSA) is 251 Å². The zero-order valence-corrected chi connectivity index (χ0v) is 63.5. The van der Waals surface area contributed by atoms with Crippen molar-refractivity contribution < 1.29 is 59.1 Å². The maximum absolute atomic E-state index is 14.6. The Kier molecular flexibility index (Phi) is 23.5. The van der Waals surface area contributed by atoms with Crippen molar-refractivity contribution in [3.05, 3.63) is 131 Å². The highest BCUT2D eigenvalue weighted by Gasteiger charge is 2.67. The van der Waals surface area contributed by atoms with E-state index in [1.807, 2.05) is 93.9 Å². The van der Waals surface area contributed by atoms with E-state index in [0.717, 1.165) is 83.6 Å². The number of sulfone groups is 1. The lowest BCUT2D eigenvalue weighted by atomic mass is 9.33. The average molecular weight is 1500 g/mol. The Morgan fingerprint density at radius 2 is 1.47 bits per heavy atom. The van der Waals surface area contributed by atoms with Crippen LogP contribution in [0.15, 0.2) is 128 Å². The Bertz CT molecular complexity index is 4150. The number of rotatable bonds is 27. The van der Waals surface area contributed by atoms with E-state index in [1.165, 1.54) is 60.9 Å². The molecule has 4 aromatic carbocycles. The molecule has 27 heteroatoms. The zero-order chi connectivity index (χ0) is 74.0. The van der Waals surface area contributed by atoms with Crippen molar-refractivity contribution in [2.24, 2.45) is 21.7 Å². The number of benzene rings is 4. The van der Waals surface area contributed by atoms with Crippen LogP contribution in [0.3, 0.4) is 0 Å². The molecule has 20 nitrogen and oxygen atoms in total. The van der Waals surface area contributed by atoms with Crippen LogP contribution in [0.5, 0.6) is 0 Å². The minimum absolute atomic E-state index is 0.0213. The number of alkyl halides is 3. The third-order valence-corrected chi connectivity index (χ3v) is 26.7. The summed E-state index contributed by atoms with van der Waals surface area (Å²) < 4.78 is 100. The van der Waals surface area contributed by atoms with Gasteiger partial charge < -0.3 is 35.8 Å². The highest BCUT2D eigenvalue weighted by Crippen LogP contribution is 2.77. The van der Waals surface area contributed by atoms with E-state index in [2.05, 4.69) is 56.4 Å². The summed E-state index contributed by atoms with van der Waals surface area (Å²) in [6, 6.07) is 22.8. The first kappa shape index (κ1) is 77.2. The minimum atomic E-state index is -6.18. The molecule has 5 amide bonds. The number of nitrogens with zero attached hydrogens (tertiary/aromatic N) is 6. The van der Waals surface area contributed by atoms with Crippen molar-refractivity contribution in [3.8, 4) is 10.4 Å². The fraction of sp³-hybridized carbons (Fsp3) is 0.553. The molecular formula is C76H99F3N10O10S4. The number of unbranched alkanes of at least 4 members (excludes halogenated alkanes) is 1. The first-order chi connectivity index (χ1) is 48.6. The Hall–Kier alpha value is -6.88. The van der Waals surface area contributed by atoms with Crippen molar-refractivity contribution in [2.75, 3.05) is 88.0 Å². The van der Waals surface area contributed by atoms with Gasteiger partial charge in [-0.05, 0) is 159 Å². The van der Waals surface area contributed by atoms with Gasteiger partial charge in [0.15, 0.2) is 0 Å². The van der Waals surface area contributed by atoms with Gasteiger partial charge in [-0.1, -0.05) is 95.2 Å². The van der Waals surface area contributed by atoms with Crippen molar-refractivity contribution in [2.45, 2.75) is 183 Å². The summed E-state index contributed by atoms with van der Waals surface area (Å²) in [5, 5.41) is 19.7. The first-order valence-electron chi connectivity index (χ1n) is 35.9. The van der Waals surface area contributed by atoms with E-state index in [9.17, 15) is 59.1 Å². The van der Waals surface area contributed by atoms with Crippen molar-refractivity contribution in [3.63, 3.8) is 0 Å². The normalized spacial score (nSPS) is 22.7. The van der Waals surface area contributed by atoms with Gasteiger partial charge in [-0.25, -0.2) is 26.5 Å². The minimum Gasteiger partial charge on any atom is -0.391 e. The zero-order valence-electron chi connectivity index (χ0n) is 60.2. The number of aryl methyl sites for hydroxylation is 1. The van der Waals surface area contributed by atoms with Crippen LogP contribution in [0.25, 0.3) is 10.4 Å². The van der Waals surface area contributed by atoms with Crippen molar-refractivity contribution in [1.82, 2.24) is 39.9 Å². The number of nitrogens with one attached hydrogen (secondary N) is 4. The predicted octanol–water partition coefficient (Wildman–Crippen LogP) is 11.4. The van der Waals surface area contributed by atoms with Crippen LogP contribution in [0.4, 0.5) is 24.5 Å². The van der Waals surface area contributed by atoms with E-state index in [1.54, 1.807) is 45.0 Å². The number of thiazole rings is 1. The van der Waals surface area contributed by atoms with Crippen LogP contribution >= 0.6 is 23.1 Å². The standard InChI is InChI=1S/C76H99F3N10O10S4/c1-50(52-18-20-53(21-19-52)67-51(2)80-49-101-67)81-70(94)63-40-58(90)44-89(63)71(95)68(72(3,4)5)83-65(91)16-12-13-17-66(92)88-38-32-85(33-39-88)31-29-56(45-100-59-14-10-9-11-15-59)82-62-27-26-60(41-64(62)102(96,97)76(77,78)79)103(98,99)84-69(93)54-22-24-57(25-23-54)87-36-34-86(35-37-87)43-55-28-30-73(6,7)42-61(55)75-46-74(8,47-75)48-75/h9-11,14-15,18-27,41,49-50,56,58,63,68,82,90H,12-13,16-17,28-40,42-48H2,1-8H3,(H,81,94)(H,83,91)(H,84,93)/t50-,56+,58+,63-,68+,74?,75?/m0/s1. The third-order valence-electron chi connectivity index (χ3n) is 21.7. The van der Waals surface area contributed by atoms with Crippen LogP contribution in [0.2, 0.25) is 0 Å². The molecule has 0 unspecified atom stereocenters. The number of aliphatic hydroxyl groups excluding tert-OH is 1. The third kappa shape index (κ3) is 18.3. The van der Waals surface area contributed by atoms with E-state index in [-0.39, 0.29) is 43.0 Å². The fourth-order valence-corrected chi connectivity index (χ4v) is 19.8. The Morgan fingerprint density at radius 1 is 0.806 bits per heavy atom. The lowest BCUT2D eigenvalue weighted by molar-refractivity contribution is -0.167. The first-order valence-corrected chi connectivity index (χ1v) is 40.8. The Labute approximate surface area is 612 Å². The molecule has 4 heterocycles. The SMILES string of the molecule is Cc1ncsc1-c1ccc([C@H](C)NC(=O)[C@@H]2C[C@@H](O)CN2C(=O)[C@@H](NC(=O)CCCCC(=O)N2CCN(CC[C@H](CSc3ccccc3)Nc3ccc(S(=O)(=O)NC(=O)c4ccc(N5CCN(CC6=C(C78CC(C)(C7)C8)CC(C)(C)CC6)CC5)cc4)cc3S(=O)(=O)C(F)(F)F)CC2)C(C)(C)C)cc1. The van der Waals surface area contributed by atoms with E-state index >= 15 is 0 Å². The largest absolute Gasteiger partial charge is 0.501 e. The van der Waals surface area contributed by atoms with Gasteiger partial charge in [0.05, 0.1) is 38.8 Å². The molecule has 0 radical (unpaired) electrons. The molecule has 558 valence electrons. The number of likely N-dealkylation sites (tertiary alicyclic amines) is 1. The molecule has 3 aliphatic heterocycles. The lowest BCUT2D eigenvalue weighted by Crippen LogP contribution is -2.61. The summed E-state index contributed by atoms with van der Waals surface area (Å²) in [6.07, 6.45) is 7.79. The van der Waals surface area contributed by atoms with Crippen LogP contribution in [0, 0.1) is 28.6 Å². The van der Waals surface area contributed by atoms with Gasteiger partial charge in [0, 0.05) is 119 Å². The Balaban J connectivity index is 0.650. The summed E-state index contributed by atoms with van der Waals surface area (Å²) >= 11 is 2.94. The molecule has 2 bridgehead atoms. The predicted molar refractivity (Wildman–Crippen MR) is 396 cm³/mol. The maximum atomic E-state index is 14.6. The summed E-state index contributed by atoms with van der Waals surface area (Å²) in [5.41, 5.74) is 2.99. The summed E-state index contributed by atoms with van der Waals surface area (Å²) in [6.45, 7) is 22.6. The number of β-amino-alcohol motifs (C(OH)–C–C–N with tert-alkyl or cyclic N) is 1. The summed E-state index contributed by atoms with van der Waals surface area (Å²) in [5.74, 6) is -2.20. The molecule has 5 N–H and O–H groups in total. The molecule has 5 aromatic rings. The highest BCUT2D eigenvalue weighted by atomic mass is 32.2. The molecule has 4 aliphatic carbocycles. The van der Waals surface area contributed by atoms with Crippen LogP contribution in [-0.2, 0) is 39.0 Å². The number of carbonyl (C=O) groups is 5. The second kappa shape index (κ2) is 31.3. The maximum Gasteiger partial charge on any atom is 0.501 e.